The van der Waals surface area contributed by atoms with Crippen molar-refractivity contribution in [2.24, 2.45) is 0 Å². The van der Waals surface area contributed by atoms with Crippen molar-refractivity contribution in [3.63, 3.8) is 0 Å². The number of furan rings is 1. The first-order valence-electron chi connectivity index (χ1n) is 8.68. The molecular weight excluding hydrogens is 328 g/mol. The predicted molar refractivity (Wildman–Crippen MR) is 99.0 cm³/mol. The number of benzene rings is 2. The number of fused-ring (bicyclic) bond motifs is 1. The van der Waals surface area contributed by atoms with Gasteiger partial charge in [0, 0.05) is 5.69 Å². The van der Waals surface area contributed by atoms with Crippen molar-refractivity contribution in [2.75, 3.05) is 11.9 Å². The monoisotopic (exact) mass is 348 g/mol. The molecule has 5 heteroatoms. The molecule has 1 N–H and O–H groups in total. The Kier molecular flexibility index (Phi) is 4.35. The number of hydrogen-bond acceptors (Lipinski definition) is 4. The lowest BCUT2D eigenvalue weighted by Gasteiger charge is -2.37. The average Bonchev–Trinajstić information content (AvgIpc) is 3.18. The second-order valence-corrected chi connectivity index (χ2v) is 6.11. The van der Waals surface area contributed by atoms with Gasteiger partial charge in [0.25, 0.3) is 5.91 Å². The summed E-state index contributed by atoms with van der Waals surface area (Å²) in [5, 5.41) is 3.48. The highest BCUT2D eigenvalue weighted by Crippen LogP contribution is 2.34. The second kappa shape index (κ2) is 6.96. The molecule has 0 fully saturated rings. The molecule has 1 aliphatic rings. The van der Waals surface area contributed by atoms with Crippen LogP contribution >= 0.6 is 0 Å². The molecular formula is C21H20N2O3. The largest absolute Gasteiger partial charge is 0.494 e. The van der Waals surface area contributed by atoms with E-state index >= 15 is 0 Å². The zero-order chi connectivity index (χ0) is 17.9. The molecule has 0 radical (unpaired) electrons. The van der Waals surface area contributed by atoms with Gasteiger partial charge in [-0.3, -0.25) is 4.79 Å². The van der Waals surface area contributed by atoms with Crippen LogP contribution in [-0.4, -0.2) is 17.4 Å². The number of anilines is 1. The van der Waals surface area contributed by atoms with E-state index in [-0.39, 0.29) is 12.1 Å². The van der Waals surface area contributed by atoms with Gasteiger partial charge in [-0.05, 0) is 48.9 Å². The average molecular weight is 348 g/mol. The van der Waals surface area contributed by atoms with Gasteiger partial charge in [-0.2, -0.15) is 0 Å². The highest BCUT2D eigenvalue weighted by molar-refractivity contribution is 6.01. The van der Waals surface area contributed by atoms with E-state index < -0.39 is 0 Å². The summed E-state index contributed by atoms with van der Waals surface area (Å²) in [4.78, 5) is 14.9. The van der Waals surface area contributed by atoms with Crippen LogP contribution in [0.5, 0.6) is 5.75 Å². The number of hydrogen-bond donors (Lipinski definition) is 1. The van der Waals surface area contributed by atoms with Crippen LogP contribution in [0.25, 0.3) is 0 Å². The minimum absolute atomic E-state index is 0.0189. The molecule has 0 unspecified atom stereocenters. The van der Waals surface area contributed by atoms with Gasteiger partial charge in [-0.15, -0.1) is 0 Å². The lowest BCUT2D eigenvalue weighted by molar-refractivity contribution is 0.0651. The minimum atomic E-state index is -0.279. The Hall–Kier alpha value is -3.21. The third-order valence-corrected chi connectivity index (χ3v) is 4.44. The van der Waals surface area contributed by atoms with Crippen LogP contribution in [0.3, 0.4) is 0 Å². The number of ether oxygens (including phenoxy) is 1. The van der Waals surface area contributed by atoms with Crippen molar-refractivity contribution in [2.45, 2.75) is 19.6 Å². The molecule has 0 aliphatic carbocycles. The fourth-order valence-electron chi connectivity index (χ4n) is 3.20. The molecule has 0 bridgehead atoms. The predicted octanol–water partition coefficient (Wildman–Crippen LogP) is 4.45. The van der Waals surface area contributed by atoms with Gasteiger partial charge in [0.2, 0.25) is 0 Å². The van der Waals surface area contributed by atoms with Crippen LogP contribution in [0.4, 0.5) is 5.69 Å². The molecule has 1 aliphatic heterocycles. The van der Waals surface area contributed by atoms with Crippen LogP contribution in [0.1, 0.15) is 34.8 Å². The van der Waals surface area contributed by atoms with Crippen molar-refractivity contribution in [1.29, 1.82) is 0 Å². The first-order valence-corrected chi connectivity index (χ1v) is 8.68. The second-order valence-electron chi connectivity index (χ2n) is 6.11. The summed E-state index contributed by atoms with van der Waals surface area (Å²) in [5.74, 6) is 1.54. The maximum absolute atomic E-state index is 13.1. The van der Waals surface area contributed by atoms with Gasteiger partial charge < -0.3 is 19.4 Å². The first-order chi connectivity index (χ1) is 12.8. The van der Waals surface area contributed by atoms with E-state index in [1.54, 1.807) is 11.2 Å². The third kappa shape index (κ3) is 3.04. The van der Waals surface area contributed by atoms with Crippen LogP contribution in [0.2, 0.25) is 0 Å². The Morgan fingerprint density at radius 1 is 1.08 bits per heavy atom. The molecule has 5 nitrogen and oxygen atoms in total. The van der Waals surface area contributed by atoms with Gasteiger partial charge in [0.05, 0.1) is 25.0 Å². The summed E-state index contributed by atoms with van der Waals surface area (Å²) < 4.78 is 11.0. The van der Waals surface area contributed by atoms with Crippen molar-refractivity contribution < 1.29 is 13.9 Å². The standard InChI is InChI=1S/C21H20N2O3/c1-2-25-16-11-9-15(10-12-16)20-22-19-8-4-3-7-18(19)21(24)23(20)14-17-6-5-13-26-17/h3-13,20,22H,2,14H2,1H3/t20-/m0/s1. The van der Waals surface area contributed by atoms with Gasteiger partial charge >= 0.3 is 0 Å². The molecule has 3 aromatic rings. The van der Waals surface area contributed by atoms with Gasteiger partial charge in [-0.25, -0.2) is 0 Å². The Morgan fingerprint density at radius 3 is 2.62 bits per heavy atom. The Morgan fingerprint density at radius 2 is 1.88 bits per heavy atom. The molecule has 0 saturated heterocycles. The van der Waals surface area contributed by atoms with Crippen LogP contribution in [-0.2, 0) is 6.54 Å². The molecule has 132 valence electrons. The van der Waals surface area contributed by atoms with Crippen molar-refractivity contribution in [3.05, 3.63) is 83.8 Å². The van der Waals surface area contributed by atoms with Crippen molar-refractivity contribution in [3.8, 4) is 5.75 Å². The van der Waals surface area contributed by atoms with E-state index in [2.05, 4.69) is 5.32 Å². The van der Waals surface area contributed by atoms with Gasteiger partial charge in [-0.1, -0.05) is 24.3 Å². The molecule has 2 aromatic carbocycles. The van der Waals surface area contributed by atoms with Crippen LogP contribution < -0.4 is 10.1 Å². The minimum Gasteiger partial charge on any atom is -0.494 e. The number of carbonyl (C=O) groups is 1. The normalized spacial score (nSPS) is 16.1. The topological polar surface area (TPSA) is 54.7 Å². The molecule has 2 heterocycles. The summed E-state index contributed by atoms with van der Waals surface area (Å²) in [5.41, 5.74) is 2.50. The number of rotatable bonds is 5. The van der Waals surface area contributed by atoms with Crippen molar-refractivity contribution >= 4 is 11.6 Å². The zero-order valence-corrected chi connectivity index (χ0v) is 14.5. The van der Waals surface area contributed by atoms with E-state index in [0.29, 0.717) is 18.7 Å². The molecule has 26 heavy (non-hydrogen) atoms. The lowest BCUT2D eigenvalue weighted by Crippen LogP contribution is -2.42. The summed E-state index contributed by atoms with van der Waals surface area (Å²) in [6.45, 7) is 2.97. The van der Waals surface area contributed by atoms with Crippen molar-refractivity contribution in [1.82, 2.24) is 4.90 Å². The quantitative estimate of drug-likeness (QED) is 0.740. The zero-order valence-electron chi connectivity index (χ0n) is 14.5. The summed E-state index contributed by atoms with van der Waals surface area (Å²) in [7, 11) is 0. The number of para-hydroxylation sites is 1. The summed E-state index contributed by atoms with van der Waals surface area (Å²) in [6, 6.07) is 19.1. The first kappa shape index (κ1) is 16.3. The highest BCUT2D eigenvalue weighted by Gasteiger charge is 2.33. The molecule has 1 aromatic heterocycles. The molecule has 1 atom stereocenters. The number of carbonyl (C=O) groups excluding carboxylic acids is 1. The molecule has 0 spiro atoms. The fourth-order valence-corrected chi connectivity index (χ4v) is 3.20. The lowest BCUT2D eigenvalue weighted by atomic mass is 10.0. The highest BCUT2D eigenvalue weighted by atomic mass is 16.5. The van der Waals surface area contributed by atoms with E-state index in [9.17, 15) is 4.79 Å². The van der Waals surface area contributed by atoms with Gasteiger partial charge in [0.1, 0.15) is 17.7 Å². The van der Waals surface area contributed by atoms with E-state index in [1.165, 1.54) is 0 Å². The summed E-state index contributed by atoms with van der Waals surface area (Å²) in [6.07, 6.45) is 1.34. The number of nitrogens with one attached hydrogen (secondary N) is 1. The molecule has 0 saturated carbocycles. The Bertz CT molecular complexity index is 888. The van der Waals surface area contributed by atoms with Gasteiger partial charge in [0.15, 0.2) is 0 Å². The van der Waals surface area contributed by atoms with E-state index in [1.807, 2.05) is 67.6 Å². The maximum atomic E-state index is 13.1. The van der Waals surface area contributed by atoms with E-state index in [4.69, 9.17) is 9.15 Å². The molecule has 1 amide bonds. The van der Waals surface area contributed by atoms with Crippen LogP contribution in [0, 0.1) is 0 Å². The number of nitrogens with zero attached hydrogens (tertiary/aromatic N) is 1. The number of amides is 1. The SMILES string of the molecule is CCOc1ccc([C@H]2Nc3ccccc3C(=O)N2Cc2ccco2)cc1. The maximum Gasteiger partial charge on any atom is 0.258 e. The Balaban J connectivity index is 1.70. The molecule has 4 rings (SSSR count). The fraction of sp³-hybridized carbons (Fsp3) is 0.190. The smallest absolute Gasteiger partial charge is 0.258 e. The van der Waals surface area contributed by atoms with Crippen LogP contribution in [0.15, 0.2) is 71.3 Å². The van der Waals surface area contributed by atoms with E-state index in [0.717, 1.165) is 22.8 Å². The summed E-state index contributed by atoms with van der Waals surface area (Å²) >= 11 is 0. The Labute approximate surface area is 152 Å². The third-order valence-electron chi connectivity index (χ3n) is 4.44.